The molecule has 1 aliphatic rings. The Morgan fingerprint density at radius 3 is 2.72 bits per heavy atom. The van der Waals surface area contributed by atoms with Crippen molar-refractivity contribution in [3.05, 3.63) is 41.3 Å². The lowest BCUT2D eigenvalue weighted by Gasteiger charge is -2.12. The van der Waals surface area contributed by atoms with Crippen molar-refractivity contribution in [3.63, 3.8) is 0 Å². The molecule has 3 nitrogen and oxygen atoms in total. The maximum atomic E-state index is 11.2. The van der Waals surface area contributed by atoms with Crippen LogP contribution in [0.5, 0.6) is 0 Å². The lowest BCUT2D eigenvalue weighted by molar-refractivity contribution is -0.117. The summed E-state index contributed by atoms with van der Waals surface area (Å²) in [6, 6.07) is 10.3. The van der Waals surface area contributed by atoms with E-state index in [0.29, 0.717) is 6.54 Å². The molecule has 5 heteroatoms. The summed E-state index contributed by atoms with van der Waals surface area (Å²) in [5.74, 6) is 0.0619. The van der Waals surface area contributed by atoms with E-state index in [1.807, 2.05) is 22.5 Å². The molecule has 3 rings (SSSR count). The highest BCUT2D eigenvalue weighted by Crippen LogP contribution is 2.39. The predicted octanol–water partition coefficient (Wildman–Crippen LogP) is 3.22. The molecule has 1 aromatic heterocycles. The second-order valence-corrected chi connectivity index (χ2v) is 5.80. The Morgan fingerprint density at radius 1 is 1.28 bits per heavy atom. The van der Waals surface area contributed by atoms with E-state index in [1.165, 1.54) is 28.1 Å². The van der Waals surface area contributed by atoms with Gasteiger partial charge in [-0.3, -0.25) is 13.8 Å². The molecule has 2 aromatic rings. The predicted molar refractivity (Wildman–Crippen MR) is 77.6 cm³/mol. The van der Waals surface area contributed by atoms with Gasteiger partial charge in [-0.05, 0) is 18.1 Å². The quantitative estimate of drug-likeness (QED) is 0.855. The van der Waals surface area contributed by atoms with Crippen LogP contribution in [0.2, 0.25) is 0 Å². The van der Waals surface area contributed by atoms with E-state index in [4.69, 9.17) is 0 Å². The minimum Gasteiger partial charge on any atom is -0.288 e. The van der Waals surface area contributed by atoms with Gasteiger partial charge in [-0.15, -0.1) is 11.3 Å². The van der Waals surface area contributed by atoms with Gasteiger partial charge in [0.25, 0.3) is 5.91 Å². The largest absolute Gasteiger partial charge is 0.288 e. The molecule has 1 fully saturated rings. The first-order chi connectivity index (χ1) is 8.75. The Bertz CT molecular complexity index is 580. The zero-order chi connectivity index (χ0) is 12.5. The first-order valence-electron chi connectivity index (χ1n) is 5.62. The first kappa shape index (κ1) is 11.6. The van der Waals surface area contributed by atoms with E-state index < -0.39 is 0 Å². The molecule has 1 aliphatic heterocycles. The van der Waals surface area contributed by atoms with Crippen LogP contribution in [0, 0.1) is 6.92 Å². The normalized spacial score (nSPS) is 14.9. The topological polar surface area (TPSA) is 32.3 Å². The van der Waals surface area contributed by atoms with E-state index in [1.54, 1.807) is 11.3 Å². The number of nitrogens with zero attached hydrogens (tertiary/aromatic N) is 1. The second-order valence-electron chi connectivity index (χ2n) is 4.09. The van der Waals surface area contributed by atoms with Crippen molar-refractivity contribution >= 4 is 35.1 Å². The van der Waals surface area contributed by atoms with Crippen LogP contribution in [0.4, 0.5) is 5.69 Å². The number of hydrogen-bond acceptors (Lipinski definition) is 4. The summed E-state index contributed by atoms with van der Waals surface area (Å²) in [5, 5.41) is 2.12. The van der Waals surface area contributed by atoms with Crippen molar-refractivity contribution in [2.45, 2.75) is 6.92 Å². The number of carbonyl (C=O) groups is 1. The van der Waals surface area contributed by atoms with Gasteiger partial charge in [-0.25, -0.2) is 0 Å². The zero-order valence-electron chi connectivity index (χ0n) is 9.84. The fourth-order valence-corrected chi connectivity index (χ4v) is 3.86. The molecule has 1 amide bonds. The summed E-state index contributed by atoms with van der Waals surface area (Å²) in [6.45, 7) is 2.54. The van der Waals surface area contributed by atoms with Crippen LogP contribution in [0.25, 0.3) is 10.4 Å². The summed E-state index contributed by atoms with van der Waals surface area (Å²) >= 11 is 3.09. The molecule has 1 saturated heterocycles. The third kappa shape index (κ3) is 2.00. The van der Waals surface area contributed by atoms with Gasteiger partial charge in [-0.1, -0.05) is 30.3 Å². The molecule has 1 N–H and O–H groups in total. The molecule has 18 heavy (non-hydrogen) atoms. The molecule has 0 unspecified atom stereocenters. The SMILES string of the molecule is Cc1c(N2CC(=O)NS2)csc1-c1ccccc1. The third-order valence-corrected chi connectivity index (χ3v) is 4.86. The number of nitrogens with one attached hydrogen (secondary N) is 1. The Balaban J connectivity index is 1.96. The third-order valence-electron chi connectivity index (χ3n) is 2.87. The van der Waals surface area contributed by atoms with Crippen LogP contribution in [0.3, 0.4) is 0 Å². The molecule has 0 radical (unpaired) electrons. The van der Waals surface area contributed by atoms with Gasteiger partial charge in [0.2, 0.25) is 0 Å². The maximum Gasteiger partial charge on any atom is 0.251 e. The highest BCUT2D eigenvalue weighted by Gasteiger charge is 2.23. The highest BCUT2D eigenvalue weighted by molar-refractivity contribution is 7.99. The monoisotopic (exact) mass is 276 g/mol. The van der Waals surface area contributed by atoms with Gasteiger partial charge in [0.05, 0.1) is 17.8 Å². The summed E-state index contributed by atoms with van der Waals surface area (Å²) in [5.41, 5.74) is 3.59. The Morgan fingerprint density at radius 2 is 2.06 bits per heavy atom. The highest BCUT2D eigenvalue weighted by atomic mass is 32.2. The van der Waals surface area contributed by atoms with Crippen molar-refractivity contribution in [2.24, 2.45) is 0 Å². The Labute approximate surface area is 114 Å². The Kier molecular flexibility index (Phi) is 3.01. The number of hydrogen-bond donors (Lipinski definition) is 1. The summed E-state index contributed by atoms with van der Waals surface area (Å²) in [7, 11) is 0. The van der Waals surface area contributed by atoms with Crippen molar-refractivity contribution in [2.75, 3.05) is 10.8 Å². The molecule has 0 spiro atoms. The van der Waals surface area contributed by atoms with E-state index in [2.05, 4.69) is 29.2 Å². The van der Waals surface area contributed by atoms with Crippen LogP contribution in [0.15, 0.2) is 35.7 Å². The number of carbonyl (C=O) groups excluding carboxylic acids is 1. The van der Waals surface area contributed by atoms with Gasteiger partial charge < -0.3 is 0 Å². The summed E-state index contributed by atoms with van der Waals surface area (Å²) < 4.78 is 4.75. The maximum absolute atomic E-state index is 11.2. The molecular weight excluding hydrogens is 264 g/mol. The van der Waals surface area contributed by atoms with Gasteiger partial charge in [0.1, 0.15) is 6.54 Å². The lowest BCUT2D eigenvalue weighted by atomic mass is 10.1. The first-order valence-corrected chi connectivity index (χ1v) is 7.28. The summed E-state index contributed by atoms with van der Waals surface area (Å²) in [6.07, 6.45) is 0. The minimum atomic E-state index is 0.0619. The number of amides is 1. The van der Waals surface area contributed by atoms with Crippen LogP contribution in [-0.4, -0.2) is 12.5 Å². The number of rotatable bonds is 2. The van der Waals surface area contributed by atoms with Gasteiger partial charge in [-0.2, -0.15) is 0 Å². The van der Waals surface area contributed by atoms with E-state index in [-0.39, 0.29) is 5.91 Å². The van der Waals surface area contributed by atoms with Gasteiger partial charge >= 0.3 is 0 Å². The average molecular weight is 276 g/mol. The Hall–Kier alpha value is -1.46. The molecule has 0 aliphatic carbocycles. The smallest absolute Gasteiger partial charge is 0.251 e. The van der Waals surface area contributed by atoms with Gasteiger partial charge in [0.15, 0.2) is 0 Å². The molecule has 0 saturated carbocycles. The van der Waals surface area contributed by atoms with Crippen LogP contribution >= 0.6 is 23.5 Å². The van der Waals surface area contributed by atoms with Crippen molar-refractivity contribution < 1.29 is 4.79 Å². The number of anilines is 1. The van der Waals surface area contributed by atoms with Crippen molar-refractivity contribution in [1.82, 2.24) is 4.72 Å². The molecule has 0 bridgehead atoms. The molecule has 92 valence electrons. The summed E-state index contributed by atoms with van der Waals surface area (Å²) in [4.78, 5) is 12.5. The number of benzene rings is 1. The fourth-order valence-electron chi connectivity index (χ4n) is 1.96. The lowest BCUT2D eigenvalue weighted by Crippen LogP contribution is -2.15. The minimum absolute atomic E-state index is 0.0619. The van der Waals surface area contributed by atoms with Crippen LogP contribution in [0.1, 0.15) is 5.56 Å². The standard InChI is InChI=1S/C13H12N2OS2/c1-9-11(15-7-12(16)14-18-15)8-17-13(9)10-5-3-2-4-6-10/h2-6,8H,7H2,1H3,(H,14,16). The zero-order valence-corrected chi connectivity index (χ0v) is 11.5. The van der Waals surface area contributed by atoms with Crippen molar-refractivity contribution in [1.29, 1.82) is 0 Å². The molecular formula is C13H12N2OS2. The van der Waals surface area contributed by atoms with E-state index in [9.17, 15) is 4.79 Å². The molecule has 1 aromatic carbocycles. The number of thiophene rings is 1. The second kappa shape index (κ2) is 4.66. The van der Waals surface area contributed by atoms with E-state index >= 15 is 0 Å². The van der Waals surface area contributed by atoms with Gasteiger partial charge in [0, 0.05) is 10.3 Å². The van der Waals surface area contributed by atoms with E-state index in [0.717, 1.165) is 5.69 Å². The average Bonchev–Trinajstić information content (AvgIpc) is 2.97. The molecule has 2 heterocycles. The molecule has 0 atom stereocenters. The fraction of sp³-hybridized carbons (Fsp3) is 0.154. The van der Waals surface area contributed by atoms with Crippen LogP contribution < -0.4 is 9.03 Å². The van der Waals surface area contributed by atoms with Crippen molar-refractivity contribution in [3.8, 4) is 10.4 Å². The van der Waals surface area contributed by atoms with Crippen LogP contribution in [-0.2, 0) is 4.79 Å².